The molecule has 0 unspecified atom stereocenters. The molecule has 0 bridgehead atoms. The topological polar surface area (TPSA) is 38.9 Å². The number of hydrogen-bond acceptors (Lipinski definition) is 3. The zero-order valence-electron chi connectivity index (χ0n) is 8.21. The van der Waals surface area contributed by atoms with Crippen LogP contribution in [0.3, 0.4) is 0 Å². The lowest BCUT2D eigenvalue weighted by molar-refractivity contribution is 0.423. The lowest BCUT2D eigenvalue weighted by Crippen LogP contribution is -1.96. The first-order chi connectivity index (χ1) is 6.88. The first-order valence-electron chi connectivity index (χ1n) is 5.25. The van der Waals surface area contributed by atoms with E-state index in [1.807, 2.05) is 0 Å². The molecule has 0 N–H and O–H groups in total. The van der Waals surface area contributed by atoms with Crippen LogP contribution in [0.4, 0.5) is 0 Å². The summed E-state index contributed by atoms with van der Waals surface area (Å²) in [4.78, 5) is 0. The first kappa shape index (κ1) is 9.97. The van der Waals surface area contributed by atoms with Crippen molar-refractivity contribution in [3.8, 4) is 0 Å². The average molecular weight is 215 g/mol. The summed E-state index contributed by atoms with van der Waals surface area (Å²) in [5.74, 6) is 2.47. The number of nitrogens with zero attached hydrogens (tertiary/aromatic N) is 2. The fourth-order valence-corrected chi connectivity index (χ4v) is 2.18. The van der Waals surface area contributed by atoms with Gasteiger partial charge in [-0.3, -0.25) is 0 Å². The van der Waals surface area contributed by atoms with Gasteiger partial charge in [0.2, 0.25) is 11.8 Å². The number of rotatable bonds is 4. The van der Waals surface area contributed by atoms with Gasteiger partial charge in [-0.25, -0.2) is 0 Å². The highest BCUT2D eigenvalue weighted by molar-refractivity contribution is 6.16. The molecule has 0 aromatic carbocycles. The maximum Gasteiger partial charge on any atom is 0.231 e. The summed E-state index contributed by atoms with van der Waals surface area (Å²) in [5.41, 5.74) is 0. The Morgan fingerprint density at radius 2 is 1.93 bits per heavy atom. The summed E-state index contributed by atoms with van der Waals surface area (Å²) in [5, 5.41) is 7.78. The van der Waals surface area contributed by atoms with Gasteiger partial charge < -0.3 is 4.42 Å². The molecular weight excluding hydrogens is 200 g/mol. The monoisotopic (exact) mass is 214 g/mol. The minimum absolute atomic E-state index is 0.316. The fourth-order valence-electron chi connectivity index (χ4n) is 2.07. The van der Waals surface area contributed by atoms with Crippen LogP contribution in [-0.4, -0.2) is 10.2 Å². The second-order valence-corrected chi connectivity index (χ2v) is 4.18. The largest absolute Gasteiger partial charge is 0.424 e. The highest BCUT2D eigenvalue weighted by Gasteiger charge is 2.16. The van der Waals surface area contributed by atoms with E-state index in [1.54, 1.807) is 0 Å². The molecule has 0 amide bonds. The van der Waals surface area contributed by atoms with E-state index in [1.165, 1.54) is 32.1 Å². The molecule has 1 fully saturated rings. The Bertz CT molecular complexity index is 281. The summed E-state index contributed by atoms with van der Waals surface area (Å²) < 4.78 is 5.34. The molecule has 1 heterocycles. The third kappa shape index (κ3) is 2.47. The van der Waals surface area contributed by atoms with Crippen LogP contribution in [0, 0.1) is 5.92 Å². The molecule has 0 spiro atoms. The second-order valence-electron chi connectivity index (χ2n) is 3.91. The summed E-state index contributed by atoms with van der Waals surface area (Å²) in [6.07, 6.45) is 7.62. The van der Waals surface area contributed by atoms with Crippen molar-refractivity contribution >= 4 is 11.6 Å². The van der Waals surface area contributed by atoms with Gasteiger partial charge in [0.15, 0.2) is 0 Å². The van der Waals surface area contributed by atoms with Crippen LogP contribution < -0.4 is 0 Å². The molecular formula is C10H15ClN2O. The summed E-state index contributed by atoms with van der Waals surface area (Å²) >= 11 is 5.57. The Labute approximate surface area is 88.9 Å². The third-order valence-electron chi connectivity index (χ3n) is 2.86. The fraction of sp³-hybridized carbons (Fsp3) is 0.800. The van der Waals surface area contributed by atoms with Crippen molar-refractivity contribution in [3.63, 3.8) is 0 Å². The van der Waals surface area contributed by atoms with E-state index in [0.29, 0.717) is 11.8 Å². The van der Waals surface area contributed by atoms with E-state index in [4.69, 9.17) is 16.0 Å². The van der Waals surface area contributed by atoms with E-state index in [9.17, 15) is 0 Å². The number of halogens is 1. The zero-order valence-corrected chi connectivity index (χ0v) is 8.96. The number of aromatic nitrogens is 2. The smallest absolute Gasteiger partial charge is 0.231 e. The van der Waals surface area contributed by atoms with Crippen LogP contribution in [0.25, 0.3) is 0 Å². The molecule has 4 heteroatoms. The summed E-state index contributed by atoms with van der Waals surface area (Å²) in [7, 11) is 0. The Hall–Kier alpha value is -0.570. The Morgan fingerprint density at radius 1 is 1.21 bits per heavy atom. The van der Waals surface area contributed by atoms with Crippen molar-refractivity contribution in [2.24, 2.45) is 5.92 Å². The van der Waals surface area contributed by atoms with E-state index in [2.05, 4.69) is 10.2 Å². The number of hydrogen-bond donors (Lipinski definition) is 0. The minimum Gasteiger partial charge on any atom is -0.424 e. The third-order valence-corrected chi connectivity index (χ3v) is 3.09. The Morgan fingerprint density at radius 3 is 2.57 bits per heavy atom. The standard InChI is InChI=1S/C10H15ClN2O/c11-7-10-13-12-9(14-10)6-5-8-3-1-2-4-8/h8H,1-7H2. The van der Waals surface area contributed by atoms with Gasteiger partial charge in [-0.05, 0) is 12.3 Å². The lowest BCUT2D eigenvalue weighted by atomic mass is 10.0. The van der Waals surface area contributed by atoms with Crippen LogP contribution in [0.1, 0.15) is 43.9 Å². The van der Waals surface area contributed by atoms with Gasteiger partial charge in [-0.15, -0.1) is 21.8 Å². The van der Waals surface area contributed by atoms with Crippen molar-refractivity contribution < 1.29 is 4.42 Å². The van der Waals surface area contributed by atoms with Gasteiger partial charge in [0.05, 0.1) is 0 Å². The molecule has 14 heavy (non-hydrogen) atoms. The maximum atomic E-state index is 5.57. The van der Waals surface area contributed by atoms with E-state index in [-0.39, 0.29) is 0 Å². The zero-order chi connectivity index (χ0) is 9.80. The molecule has 2 rings (SSSR count). The Kier molecular flexibility index (Phi) is 3.40. The van der Waals surface area contributed by atoms with Crippen molar-refractivity contribution in [1.82, 2.24) is 10.2 Å². The minimum atomic E-state index is 0.316. The second kappa shape index (κ2) is 4.78. The number of aryl methyl sites for hydroxylation is 1. The molecule has 1 aromatic heterocycles. The quantitative estimate of drug-likeness (QED) is 0.724. The van der Waals surface area contributed by atoms with Crippen LogP contribution >= 0.6 is 11.6 Å². The van der Waals surface area contributed by atoms with Gasteiger partial charge in [-0.2, -0.15) is 0 Å². The highest BCUT2D eigenvalue weighted by Crippen LogP contribution is 2.28. The molecule has 3 nitrogen and oxygen atoms in total. The van der Waals surface area contributed by atoms with Gasteiger partial charge in [0.25, 0.3) is 0 Å². The lowest BCUT2D eigenvalue weighted by Gasteiger charge is -2.04. The average Bonchev–Trinajstić information content (AvgIpc) is 2.86. The van der Waals surface area contributed by atoms with E-state index in [0.717, 1.165) is 18.2 Å². The highest BCUT2D eigenvalue weighted by atomic mass is 35.5. The van der Waals surface area contributed by atoms with Crippen molar-refractivity contribution in [1.29, 1.82) is 0 Å². The summed E-state index contributed by atoms with van der Waals surface area (Å²) in [6, 6.07) is 0. The SMILES string of the molecule is ClCc1nnc(CCC2CCCC2)o1. The molecule has 1 saturated carbocycles. The van der Waals surface area contributed by atoms with Crippen LogP contribution in [0.5, 0.6) is 0 Å². The molecule has 0 saturated heterocycles. The normalized spacial score (nSPS) is 17.8. The van der Waals surface area contributed by atoms with Gasteiger partial charge >= 0.3 is 0 Å². The van der Waals surface area contributed by atoms with Gasteiger partial charge in [-0.1, -0.05) is 25.7 Å². The van der Waals surface area contributed by atoms with Crippen molar-refractivity contribution in [2.45, 2.75) is 44.4 Å². The van der Waals surface area contributed by atoms with Crippen LogP contribution in [-0.2, 0) is 12.3 Å². The number of alkyl halides is 1. The van der Waals surface area contributed by atoms with E-state index < -0.39 is 0 Å². The molecule has 1 aliphatic carbocycles. The predicted octanol–water partition coefficient (Wildman–Crippen LogP) is 2.93. The first-order valence-corrected chi connectivity index (χ1v) is 5.79. The molecule has 0 radical (unpaired) electrons. The van der Waals surface area contributed by atoms with Crippen molar-refractivity contribution in [3.05, 3.63) is 11.8 Å². The van der Waals surface area contributed by atoms with Crippen LogP contribution in [0.15, 0.2) is 4.42 Å². The molecule has 0 aliphatic heterocycles. The molecule has 0 atom stereocenters. The van der Waals surface area contributed by atoms with Gasteiger partial charge in [0, 0.05) is 6.42 Å². The Balaban J connectivity index is 1.79. The summed E-state index contributed by atoms with van der Waals surface area (Å²) in [6.45, 7) is 0. The molecule has 78 valence electrons. The van der Waals surface area contributed by atoms with Crippen LogP contribution in [0.2, 0.25) is 0 Å². The van der Waals surface area contributed by atoms with Crippen molar-refractivity contribution in [2.75, 3.05) is 0 Å². The predicted molar refractivity (Wildman–Crippen MR) is 54.1 cm³/mol. The molecule has 1 aromatic rings. The molecule has 1 aliphatic rings. The van der Waals surface area contributed by atoms with Gasteiger partial charge in [0.1, 0.15) is 5.88 Å². The van der Waals surface area contributed by atoms with E-state index >= 15 is 0 Å². The maximum absolute atomic E-state index is 5.57.